The Bertz CT molecular complexity index is 893. The number of nitrogens with one attached hydrogen (secondary N) is 2. The molecule has 2 N–H and O–H groups in total. The number of amides is 1. The van der Waals surface area contributed by atoms with Crippen molar-refractivity contribution < 1.29 is 17.9 Å². The molecular formula is C21H28N2O4S. The molecule has 0 aliphatic rings. The monoisotopic (exact) mass is 404 g/mol. The van der Waals surface area contributed by atoms with Crippen LogP contribution in [-0.4, -0.2) is 27.5 Å². The van der Waals surface area contributed by atoms with Gasteiger partial charge in [0.2, 0.25) is 15.9 Å². The van der Waals surface area contributed by atoms with Gasteiger partial charge in [0.1, 0.15) is 11.8 Å². The van der Waals surface area contributed by atoms with Gasteiger partial charge < -0.3 is 10.1 Å². The third-order valence-electron chi connectivity index (χ3n) is 4.30. The first kappa shape index (κ1) is 21.9. The van der Waals surface area contributed by atoms with Crippen molar-refractivity contribution in [2.24, 2.45) is 5.92 Å². The number of aryl methyl sites for hydroxylation is 1. The second-order valence-corrected chi connectivity index (χ2v) is 8.86. The van der Waals surface area contributed by atoms with Crippen LogP contribution in [0.2, 0.25) is 0 Å². The standard InChI is InChI=1S/C21H28N2O4S/c1-15(2)13-19(23-28(25,26)18-11-9-16(3)10-12-18)21(24)22-14-17-7-5-6-8-20(17)27-4/h5-12,15,19,23H,13-14H2,1-4H3,(H,22,24). The number of rotatable bonds is 9. The summed E-state index contributed by atoms with van der Waals surface area (Å²) in [6.45, 7) is 6.03. The molecule has 0 spiro atoms. The van der Waals surface area contributed by atoms with Crippen molar-refractivity contribution in [1.29, 1.82) is 0 Å². The number of para-hydroxylation sites is 1. The lowest BCUT2D eigenvalue weighted by molar-refractivity contribution is -0.123. The van der Waals surface area contributed by atoms with Gasteiger partial charge in [0.05, 0.1) is 12.0 Å². The molecule has 6 nitrogen and oxygen atoms in total. The highest BCUT2D eigenvalue weighted by atomic mass is 32.2. The fourth-order valence-corrected chi connectivity index (χ4v) is 4.02. The van der Waals surface area contributed by atoms with Crippen molar-refractivity contribution in [3.8, 4) is 5.75 Å². The molecule has 152 valence electrons. The number of benzene rings is 2. The Morgan fingerprint density at radius 3 is 2.32 bits per heavy atom. The lowest BCUT2D eigenvalue weighted by Crippen LogP contribution is -2.47. The average Bonchev–Trinajstić information content (AvgIpc) is 2.65. The maximum Gasteiger partial charge on any atom is 0.241 e. The van der Waals surface area contributed by atoms with Gasteiger partial charge in [-0.2, -0.15) is 4.72 Å². The number of ether oxygens (including phenoxy) is 1. The number of methoxy groups -OCH3 is 1. The number of hydrogen-bond acceptors (Lipinski definition) is 4. The van der Waals surface area contributed by atoms with Crippen LogP contribution in [0.15, 0.2) is 53.4 Å². The fourth-order valence-electron chi connectivity index (χ4n) is 2.81. The van der Waals surface area contributed by atoms with Crippen molar-refractivity contribution in [3.63, 3.8) is 0 Å². The third-order valence-corrected chi connectivity index (χ3v) is 5.79. The summed E-state index contributed by atoms with van der Waals surface area (Å²) in [5, 5.41) is 2.82. The topological polar surface area (TPSA) is 84.5 Å². The van der Waals surface area contributed by atoms with Crippen molar-refractivity contribution >= 4 is 15.9 Å². The first-order valence-corrected chi connectivity index (χ1v) is 10.7. The second-order valence-electron chi connectivity index (χ2n) is 7.15. The van der Waals surface area contributed by atoms with Crippen molar-refractivity contribution in [2.45, 2.75) is 44.7 Å². The Hall–Kier alpha value is -2.38. The van der Waals surface area contributed by atoms with Gasteiger partial charge >= 0.3 is 0 Å². The summed E-state index contributed by atoms with van der Waals surface area (Å²) in [6, 6.07) is 13.0. The van der Waals surface area contributed by atoms with E-state index in [1.807, 2.05) is 45.0 Å². The smallest absolute Gasteiger partial charge is 0.241 e. The quantitative estimate of drug-likeness (QED) is 0.673. The second kappa shape index (κ2) is 9.71. The zero-order valence-corrected chi connectivity index (χ0v) is 17.5. The van der Waals surface area contributed by atoms with E-state index in [9.17, 15) is 13.2 Å². The summed E-state index contributed by atoms with van der Waals surface area (Å²) in [5.41, 5.74) is 1.79. The van der Waals surface area contributed by atoms with E-state index in [1.54, 1.807) is 19.2 Å². The maximum atomic E-state index is 12.7. The Morgan fingerprint density at radius 1 is 1.07 bits per heavy atom. The molecule has 0 bridgehead atoms. The van der Waals surface area contributed by atoms with Crippen LogP contribution in [0.3, 0.4) is 0 Å². The predicted molar refractivity (Wildman–Crippen MR) is 110 cm³/mol. The minimum atomic E-state index is -3.80. The highest BCUT2D eigenvalue weighted by molar-refractivity contribution is 7.89. The van der Waals surface area contributed by atoms with Crippen LogP contribution < -0.4 is 14.8 Å². The molecule has 1 atom stereocenters. The average molecular weight is 405 g/mol. The molecule has 0 heterocycles. The minimum Gasteiger partial charge on any atom is -0.496 e. The summed E-state index contributed by atoms with van der Waals surface area (Å²) < 4.78 is 33.2. The van der Waals surface area contributed by atoms with Gasteiger partial charge in [-0.15, -0.1) is 0 Å². The third kappa shape index (κ3) is 6.07. The van der Waals surface area contributed by atoms with Crippen LogP contribution in [0, 0.1) is 12.8 Å². The molecule has 0 aliphatic carbocycles. The van der Waals surface area contributed by atoms with Crippen LogP contribution in [0.4, 0.5) is 0 Å². The molecule has 1 unspecified atom stereocenters. The molecule has 0 aliphatic heterocycles. The zero-order valence-electron chi connectivity index (χ0n) is 16.7. The lowest BCUT2D eigenvalue weighted by Gasteiger charge is -2.20. The number of carbonyl (C=O) groups is 1. The molecular weight excluding hydrogens is 376 g/mol. The van der Waals surface area contributed by atoms with Crippen LogP contribution >= 0.6 is 0 Å². The van der Waals surface area contributed by atoms with Crippen LogP contribution in [0.1, 0.15) is 31.4 Å². The molecule has 0 saturated carbocycles. The van der Waals surface area contributed by atoms with Crippen LogP contribution in [0.25, 0.3) is 0 Å². The summed E-state index contributed by atoms with van der Waals surface area (Å²) in [4.78, 5) is 12.9. The van der Waals surface area contributed by atoms with Crippen LogP contribution in [-0.2, 0) is 21.4 Å². The molecule has 2 aromatic carbocycles. The fraction of sp³-hybridized carbons (Fsp3) is 0.381. The van der Waals surface area contributed by atoms with E-state index in [4.69, 9.17) is 4.74 Å². The van der Waals surface area contributed by atoms with E-state index in [0.29, 0.717) is 12.2 Å². The van der Waals surface area contributed by atoms with E-state index >= 15 is 0 Å². The molecule has 0 saturated heterocycles. The maximum absolute atomic E-state index is 12.7. The minimum absolute atomic E-state index is 0.141. The number of carbonyl (C=O) groups excluding carboxylic acids is 1. The van der Waals surface area contributed by atoms with Crippen molar-refractivity contribution in [3.05, 3.63) is 59.7 Å². The van der Waals surface area contributed by atoms with E-state index in [1.165, 1.54) is 12.1 Å². The normalized spacial score (nSPS) is 12.6. The Balaban J connectivity index is 2.13. The Morgan fingerprint density at radius 2 is 1.71 bits per heavy atom. The van der Waals surface area contributed by atoms with E-state index in [2.05, 4.69) is 10.0 Å². The lowest BCUT2D eigenvalue weighted by atomic mass is 10.0. The summed E-state index contributed by atoms with van der Waals surface area (Å²) in [7, 11) is -2.23. The van der Waals surface area contributed by atoms with E-state index in [0.717, 1.165) is 11.1 Å². The summed E-state index contributed by atoms with van der Waals surface area (Å²) in [5.74, 6) is 0.446. The molecule has 1 amide bonds. The Kier molecular flexibility index (Phi) is 7.60. The van der Waals surface area contributed by atoms with E-state index in [-0.39, 0.29) is 23.3 Å². The molecule has 2 aromatic rings. The van der Waals surface area contributed by atoms with Gasteiger partial charge in [-0.05, 0) is 37.5 Å². The molecule has 7 heteroatoms. The van der Waals surface area contributed by atoms with Gasteiger partial charge in [0.15, 0.2) is 0 Å². The molecule has 28 heavy (non-hydrogen) atoms. The first-order chi connectivity index (χ1) is 13.2. The van der Waals surface area contributed by atoms with Gasteiger partial charge in [-0.3, -0.25) is 4.79 Å². The molecule has 2 rings (SSSR count). The van der Waals surface area contributed by atoms with Crippen molar-refractivity contribution in [1.82, 2.24) is 10.0 Å². The van der Waals surface area contributed by atoms with Gasteiger partial charge in [0, 0.05) is 12.1 Å². The largest absolute Gasteiger partial charge is 0.496 e. The highest BCUT2D eigenvalue weighted by Crippen LogP contribution is 2.17. The van der Waals surface area contributed by atoms with Gasteiger partial charge in [-0.1, -0.05) is 49.7 Å². The van der Waals surface area contributed by atoms with E-state index < -0.39 is 16.1 Å². The number of hydrogen-bond donors (Lipinski definition) is 2. The molecule has 0 aromatic heterocycles. The summed E-state index contributed by atoms with van der Waals surface area (Å²) in [6.07, 6.45) is 0.392. The summed E-state index contributed by atoms with van der Waals surface area (Å²) >= 11 is 0. The zero-order chi connectivity index (χ0) is 20.7. The first-order valence-electron chi connectivity index (χ1n) is 9.21. The number of sulfonamides is 1. The highest BCUT2D eigenvalue weighted by Gasteiger charge is 2.26. The predicted octanol–water partition coefficient (Wildman–Crippen LogP) is 3.01. The van der Waals surface area contributed by atoms with Crippen LogP contribution in [0.5, 0.6) is 5.75 Å². The molecule has 0 radical (unpaired) electrons. The van der Waals surface area contributed by atoms with Gasteiger partial charge in [-0.25, -0.2) is 8.42 Å². The Labute approximate surface area is 167 Å². The van der Waals surface area contributed by atoms with Crippen molar-refractivity contribution in [2.75, 3.05) is 7.11 Å². The SMILES string of the molecule is COc1ccccc1CNC(=O)C(CC(C)C)NS(=O)(=O)c1ccc(C)cc1. The molecule has 0 fully saturated rings. The van der Waals surface area contributed by atoms with Gasteiger partial charge in [0.25, 0.3) is 0 Å².